The number of hydrogen-bond donors (Lipinski definition) is 1. The summed E-state index contributed by atoms with van der Waals surface area (Å²) in [5.41, 5.74) is 8.08. The lowest BCUT2D eigenvalue weighted by molar-refractivity contribution is -0.0188. The Labute approximate surface area is 112 Å². The van der Waals surface area contributed by atoms with Gasteiger partial charge in [-0.3, -0.25) is 4.68 Å². The largest absolute Gasteiger partial charge is 0.377 e. The molecular formula is C12H22BrN3O. The Bertz CT molecular complexity index is 385. The summed E-state index contributed by atoms with van der Waals surface area (Å²) >= 11 is 3.56. The van der Waals surface area contributed by atoms with Crippen molar-refractivity contribution in [2.75, 3.05) is 7.11 Å². The van der Waals surface area contributed by atoms with E-state index in [1.54, 1.807) is 7.11 Å². The van der Waals surface area contributed by atoms with Gasteiger partial charge in [-0.05, 0) is 36.2 Å². The Morgan fingerprint density at radius 3 is 2.53 bits per heavy atom. The highest BCUT2D eigenvalue weighted by Crippen LogP contribution is 2.25. The van der Waals surface area contributed by atoms with Crippen molar-refractivity contribution in [3.05, 3.63) is 15.9 Å². The maximum Gasteiger partial charge on any atom is 0.0802 e. The van der Waals surface area contributed by atoms with E-state index in [0.717, 1.165) is 28.7 Å². The minimum absolute atomic E-state index is 0.0522. The highest BCUT2D eigenvalue weighted by Gasteiger charge is 2.31. The van der Waals surface area contributed by atoms with E-state index in [1.807, 2.05) is 18.7 Å². The Kier molecular flexibility index (Phi) is 4.75. The lowest BCUT2D eigenvalue weighted by atomic mass is 9.90. The van der Waals surface area contributed by atoms with Crippen molar-refractivity contribution >= 4 is 15.9 Å². The van der Waals surface area contributed by atoms with E-state index in [2.05, 4.69) is 34.9 Å². The molecule has 0 bridgehead atoms. The molecule has 98 valence electrons. The Morgan fingerprint density at radius 2 is 2.18 bits per heavy atom. The molecule has 0 fully saturated rings. The Morgan fingerprint density at radius 1 is 1.59 bits per heavy atom. The molecule has 0 aromatic carbocycles. The predicted octanol–water partition coefficient (Wildman–Crippen LogP) is 2.18. The summed E-state index contributed by atoms with van der Waals surface area (Å²) in [6, 6.07) is -0.0522. The Balaban J connectivity index is 2.91. The molecule has 0 aliphatic carbocycles. The van der Waals surface area contributed by atoms with Gasteiger partial charge in [0, 0.05) is 26.6 Å². The summed E-state index contributed by atoms with van der Waals surface area (Å²) < 4.78 is 8.46. The van der Waals surface area contributed by atoms with Crippen LogP contribution >= 0.6 is 15.9 Å². The second-order valence-electron chi connectivity index (χ2n) is 4.65. The molecule has 5 heteroatoms. The van der Waals surface area contributed by atoms with E-state index in [0.29, 0.717) is 0 Å². The summed E-state index contributed by atoms with van der Waals surface area (Å²) in [4.78, 5) is 0. The number of nitrogens with zero attached hydrogens (tertiary/aromatic N) is 2. The van der Waals surface area contributed by atoms with Gasteiger partial charge in [-0.25, -0.2) is 0 Å². The van der Waals surface area contributed by atoms with Crippen LogP contribution in [0.5, 0.6) is 0 Å². The third-order valence-corrected chi connectivity index (χ3v) is 4.66. The van der Waals surface area contributed by atoms with Crippen LogP contribution in [0.4, 0.5) is 0 Å². The van der Waals surface area contributed by atoms with Gasteiger partial charge < -0.3 is 10.5 Å². The molecule has 1 aromatic heterocycles. The monoisotopic (exact) mass is 303 g/mol. The molecule has 1 rings (SSSR count). The fraction of sp³-hybridized carbons (Fsp3) is 0.750. The van der Waals surface area contributed by atoms with Crippen LogP contribution in [-0.4, -0.2) is 28.5 Å². The van der Waals surface area contributed by atoms with Gasteiger partial charge in [-0.2, -0.15) is 5.10 Å². The van der Waals surface area contributed by atoms with Gasteiger partial charge in [-0.15, -0.1) is 0 Å². The van der Waals surface area contributed by atoms with Crippen molar-refractivity contribution in [2.24, 2.45) is 12.8 Å². The zero-order valence-electron chi connectivity index (χ0n) is 11.2. The fourth-order valence-corrected chi connectivity index (χ4v) is 2.38. The van der Waals surface area contributed by atoms with Crippen molar-refractivity contribution in [3.63, 3.8) is 0 Å². The lowest BCUT2D eigenvalue weighted by Gasteiger charge is -2.33. The first-order valence-electron chi connectivity index (χ1n) is 5.84. The zero-order valence-corrected chi connectivity index (χ0v) is 12.8. The molecule has 17 heavy (non-hydrogen) atoms. The van der Waals surface area contributed by atoms with Crippen LogP contribution in [0.1, 0.15) is 31.7 Å². The van der Waals surface area contributed by atoms with E-state index in [1.165, 1.54) is 0 Å². The van der Waals surface area contributed by atoms with Gasteiger partial charge in [0.25, 0.3) is 0 Å². The minimum atomic E-state index is -0.294. The number of nitrogens with two attached hydrogens (primary N) is 1. The number of aryl methyl sites for hydroxylation is 2. The highest BCUT2D eigenvalue weighted by atomic mass is 79.9. The molecule has 0 saturated carbocycles. The van der Waals surface area contributed by atoms with Crippen LogP contribution < -0.4 is 5.73 Å². The van der Waals surface area contributed by atoms with E-state index in [9.17, 15) is 0 Å². The van der Waals surface area contributed by atoms with E-state index < -0.39 is 0 Å². The molecule has 0 saturated heterocycles. The molecule has 1 aromatic rings. The molecule has 4 nitrogen and oxygen atoms in total. The van der Waals surface area contributed by atoms with Crippen molar-refractivity contribution in [2.45, 2.75) is 45.3 Å². The van der Waals surface area contributed by atoms with Crippen molar-refractivity contribution in [1.29, 1.82) is 0 Å². The van der Waals surface area contributed by atoms with Gasteiger partial charge in [0.1, 0.15) is 0 Å². The molecule has 0 radical (unpaired) electrons. The summed E-state index contributed by atoms with van der Waals surface area (Å²) in [7, 11) is 3.66. The average Bonchev–Trinajstić information content (AvgIpc) is 2.54. The molecule has 1 heterocycles. The average molecular weight is 304 g/mol. The highest BCUT2D eigenvalue weighted by molar-refractivity contribution is 9.10. The topological polar surface area (TPSA) is 53.1 Å². The molecular weight excluding hydrogens is 282 g/mol. The molecule has 2 atom stereocenters. The van der Waals surface area contributed by atoms with Crippen molar-refractivity contribution < 1.29 is 4.74 Å². The third kappa shape index (κ3) is 2.89. The number of aromatic nitrogens is 2. The van der Waals surface area contributed by atoms with Crippen LogP contribution in [0.2, 0.25) is 0 Å². The standard InChI is InChI=1S/C12H22BrN3O/c1-6-12(3,17-5)10(14)7-9-11(13)8(2)15-16(9)4/h10H,6-7,14H2,1-5H3. The van der Waals surface area contributed by atoms with Crippen molar-refractivity contribution in [1.82, 2.24) is 9.78 Å². The van der Waals surface area contributed by atoms with Gasteiger partial charge >= 0.3 is 0 Å². The molecule has 0 amide bonds. The number of rotatable bonds is 5. The number of hydrogen-bond acceptors (Lipinski definition) is 3. The summed E-state index contributed by atoms with van der Waals surface area (Å²) in [5.74, 6) is 0. The van der Waals surface area contributed by atoms with Gasteiger partial charge in [-0.1, -0.05) is 6.92 Å². The minimum Gasteiger partial charge on any atom is -0.377 e. The smallest absolute Gasteiger partial charge is 0.0802 e. The van der Waals surface area contributed by atoms with Gasteiger partial charge in [0.05, 0.1) is 21.5 Å². The maximum atomic E-state index is 6.27. The van der Waals surface area contributed by atoms with Crippen LogP contribution in [0.25, 0.3) is 0 Å². The summed E-state index contributed by atoms with van der Waals surface area (Å²) in [5, 5.41) is 4.37. The fourth-order valence-electron chi connectivity index (χ4n) is 1.88. The number of methoxy groups -OCH3 is 1. The van der Waals surface area contributed by atoms with Gasteiger partial charge in [0.15, 0.2) is 0 Å². The summed E-state index contributed by atoms with van der Waals surface area (Å²) in [6.07, 6.45) is 1.63. The predicted molar refractivity (Wildman–Crippen MR) is 73.0 cm³/mol. The number of halogens is 1. The first-order valence-corrected chi connectivity index (χ1v) is 6.63. The third-order valence-electron chi connectivity index (χ3n) is 3.63. The van der Waals surface area contributed by atoms with Crippen LogP contribution in [0, 0.1) is 6.92 Å². The first kappa shape index (κ1) is 14.7. The quantitative estimate of drug-likeness (QED) is 0.907. The molecule has 0 spiro atoms. The van der Waals surface area contributed by atoms with Gasteiger partial charge in [0.2, 0.25) is 0 Å². The normalized spacial score (nSPS) is 16.9. The maximum absolute atomic E-state index is 6.27. The van der Waals surface area contributed by atoms with E-state index in [4.69, 9.17) is 10.5 Å². The SMILES string of the molecule is CCC(C)(OC)C(N)Cc1c(Br)c(C)nn1C. The molecule has 2 N–H and O–H groups in total. The summed E-state index contributed by atoms with van der Waals surface area (Å²) in [6.45, 7) is 6.12. The number of ether oxygens (including phenoxy) is 1. The van der Waals surface area contributed by atoms with Crippen LogP contribution in [-0.2, 0) is 18.2 Å². The van der Waals surface area contributed by atoms with E-state index >= 15 is 0 Å². The second kappa shape index (κ2) is 5.50. The van der Waals surface area contributed by atoms with Crippen LogP contribution in [0.3, 0.4) is 0 Å². The zero-order chi connectivity index (χ0) is 13.2. The first-order chi connectivity index (χ1) is 7.85. The molecule has 2 unspecified atom stereocenters. The van der Waals surface area contributed by atoms with Crippen molar-refractivity contribution in [3.8, 4) is 0 Å². The molecule has 0 aliphatic heterocycles. The Hall–Kier alpha value is -0.390. The second-order valence-corrected chi connectivity index (χ2v) is 5.44. The molecule has 0 aliphatic rings. The van der Waals surface area contributed by atoms with E-state index in [-0.39, 0.29) is 11.6 Å². The van der Waals surface area contributed by atoms with Crippen LogP contribution in [0.15, 0.2) is 4.47 Å². The lowest BCUT2D eigenvalue weighted by Crippen LogP contribution is -2.48.